The van der Waals surface area contributed by atoms with E-state index in [1.165, 1.54) is 12.1 Å². The first kappa shape index (κ1) is 14.3. The molecule has 0 saturated carbocycles. The van der Waals surface area contributed by atoms with Crippen LogP contribution < -0.4 is 5.32 Å². The van der Waals surface area contributed by atoms with E-state index < -0.39 is 11.0 Å². The summed E-state index contributed by atoms with van der Waals surface area (Å²) in [5, 5.41) is 23.0. The second-order valence-corrected chi connectivity index (χ2v) is 3.75. The molecule has 0 aliphatic rings. The molecule has 1 atom stereocenters. The van der Waals surface area contributed by atoms with Crippen LogP contribution in [0, 0.1) is 17.0 Å². The number of aromatic nitrogens is 1. The molecule has 0 aromatic carbocycles. The average Bonchev–Trinajstić information content (AvgIpc) is 2.33. The smallest absolute Gasteiger partial charge is 0.290 e. The zero-order valence-corrected chi connectivity index (χ0v) is 10.4. The molecule has 0 aliphatic carbocycles. The minimum absolute atomic E-state index is 0.0181. The first-order chi connectivity index (χ1) is 8.54. The second kappa shape index (κ2) is 6.87. The van der Waals surface area contributed by atoms with E-state index in [2.05, 4.69) is 10.3 Å². The van der Waals surface area contributed by atoms with Crippen molar-refractivity contribution in [2.24, 2.45) is 0 Å². The Hall–Kier alpha value is -1.73. The van der Waals surface area contributed by atoms with E-state index in [4.69, 9.17) is 4.74 Å². The molecule has 1 aromatic heterocycles. The maximum absolute atomic E-state index is 10.6. The Balaban J connectivity index is 2.53. The van der Waals surface area contributed by atoms with E-state index in [0.717, 1.165) is 0 Å². The lowest BCUT2D eigenvalue weighted by atomic mass is 10.3. The summed E-state index contributed by atoms with van der Waals surface area (Å²) in [6, 6.07) is 2.90. The highest BCUT2D eigenvalue weighted by molar-refractivity contribution is 5.44. The molecular formula is C11H17N3O4. The maximum atomic E-state index is 10.6. The van der Waals surface area contributed by atoms with E-state index >= 15 is 0 Å². The quantitative estimate of drug-likeness (QED) is 0.559. The van der Waals surface area contributed by atoms with Gasteiger partial charge in [0.05, 0.1) is 17.6 Å². The molecule has 1 heterocycles. The number of aliphatic hydroxyl groups is 1. The Morgan fingerprint density at radius 2 is 2.33 bits per heavy atom. The van der Waals surface area contributed by atoms with Gasteiger partial charge in [-0.05, 0) is 19.9 Å². The lowest BCUT2D eigenvalue weighted by Crippen LogP contribution is -2.25. The van der Waals surface area contributed by atoms with Gasteiger partial charge >= 0.3 is 0 Å². The summed E-state index contributed by atoms with van der Waals surface area (Å²) in [5.41, 5.74) is 0.319. The summed E-state index contributed by atoms with van der Waals surface area (Å²) >= 11 is 0. The lowest BCUT2D eigenvalue weighted by Gasteiger charge is -2.12. The third-order valence-corrected chi connectivity index (χ3v) is 2.29. The Labute approximate surface area is 105 Å². The molecule has 1 unspecified atom stereocenters. The summed E-state index contributed by atoms with van der Waals surface area (Å²) in [6.45, 7) is 4.49. The number of nitro groups is 1. The van der Waals surface area contributed by atoms with Crippen molar-refractivity contribution >= 4 is 11.5 Å². The number of ether oxygens (including phenoxy) is 1. The third-order valence-electron chi connectivity index (χ3n) is 2.29. The van der Waals surface area contributed by atoms with E-state index in [9.17, 15) is 15.2 Å². The number of pyridine rings is 1. The fourth-order valence-electron chi connectivity index (χ4n) is 1.38. The van der Waals surface area contributed by atoms with Crippen LogP contribution >= 0.6 is 0 Å². The minimum atomic E-state index is -0.637. The van der Waals surface area contributed by atoms with E-state index in [0.29, 0.717) is 18.1 Å². The van der Waals surface area contributed by atoms with Crippen LogP contribution in [0.5, 0.6) is 0 Å². The van der Waals surface area contributed by atoms with Gasteiger partial charge in [0.1, 0.15) is 11.5 Å². The van der Waals surface area contributed by atoms with E-state index in [-0.39, 0.29) is 18.8 Å². The van der Waals surface area contributed by atoms with Gasteiger partial charge in [-0.15, -0.1) is 0 Å². The Bertz CT molecular complexity index is 411. The van der Waals surface area contributed by atoms with Crippen LogP contribution in [-0.2, 0) is 4.74 Å². The van der Waals surface area contributed by atoms with Gasteiger partial charge in [-0.25, -0.2) is 4.98 Å². The van der Waals surface area contributed by atoms with Crippen LogP contribution in [0.1, 0.15) is 12.6 Å². The first-order valence-corrected chi connectivity index (χ1v) is 5.66. The molecule has 0 spiro atoms. The molecule has 0 aliphatic heterocycles. The third kappa shape index (κ3) is 4.27. The molecule has 0 radical (unpaired) electrons. The van der Waals surface area contributed by atoms with Crippen LogP contribution in [0.4, 0.5) is 11.5 Å². The number of hydrogen-bond acceptors (Lipinski definition) is 6. The minimum Gasteiger partial charge on any atom is -0.389 e. The van der Waals surface area contributed by atoms with Gasteiger partial charge in [0.2, 0.25) is 0 Å². The monoisotopic (exact) mass is 255 g/mol. The average molecular weight is 255 g/mol. The van der Waals surface area contributed by atoms with Gasteiger partial charge in [0.25, 0.3) is 5.69 Å². The predicted molar refractivity (Wildman–Crippen MR) is 66.6 cm³/mol. The summed E-state index contributed by atoms with van der Waals surface area (Å²) in [6.07, 6.45) is -0.637. The molecule has 7 heteroatoms. The molecule has 0 saturated heterocycles. The van der Waals surface area contributed by atoms with Gasteiger partial charge < -0.3 is 15.2 Å². The van der Waals surface area contributed by atoms with Gasteiger partial charge in [0, 0.05) is 19.2 Å². The van der Waals surface area contributed by atoms with Crippen molar-refractivity contribution in [1.29, 1.82) is 0 Å². The zero-order chi connectivity index (χ0) is 13.5. The molecule has 0 amide bonds. The molecule has 1 rings (SSSR count). The molecule has 0 fully saturated rings. The number of rotatable bonds is 7. The fraction of sp³-hybridized carbons (Fsp3) is 0.545. The van der Waals surface area contributed by atoms with Crippen molar-refractivity contribution in [3.63, 3.8) is 0 Å². The second-order valence-electron chi connectivity index (χ2n) is 3.75. The predicted octanol–water partition coefficient (Wildman–Crippen LogP) is 1.11. The molecule has 100 valence electrons. The summed E-state index contributed by atoms with van der Waals surface area (Å²) in [4.78, 5) is 14.2. The Morgan fingerprint density at radius 1 is 1.61 bits per heavy atom. The fourth-order valence-corrected chi connectivity index (χ4v) is 1.38. The van der Waals surface area contributed by atoms with Crippen LogP contribution in [0.3, 0.4) is 0 Å². The summed E-state index contributed by atoms with van der Waals surface area (Å²) in [5.74, 6) is 0.494. The molecule has 18 heavy (non-hydrogen) atoms. The first-order valence-electron chi connectivity index (χ1n) is 5.66. The van der Waals surface area contributed by atoms with Crippen molar-refractivity contribution in [3.8, 4) is 0 Å². The van der Waals surface area contributed by atoms with E-state index in [1.807, 2.05) is 6.92 Å². The SMILES string of the molecule is CCOCC(O)CNc1ccc([N+](=O)[O-])c(C)n1. The van der Waals surface area contributed by atoms with Crippen molar-refractivity contribution in [2.45, 2.75) is 20.0 Å². The largest absolute Gasteiger partial charge is 0.389 e. The van der Waals surface area contributed by atoms with Crippen molar-refractivity contribution in [2.75, 3.05) is 25.1 Å². The molecule has 1 aromatic rings. The summed E-state index contributed by atoms with van der Waals surface area (Å²) in [7, 11) is 0. The van der Waals surface area contributed by atoms with Crippen LogP contribution in [0.15, 0.2) is 12.1 Å². The topological polar surface area (TPSA) is 97.5 Å². The highest BCUT2D eigenvalue weighted by atomic mass is 16.6. The Kier molecular flexibility index (Phi) is 5.47. The highest BCUT2D eigenvalue weighted by Gasteiger charge is 2.12. The molecule has 0 bridgehead atoms. The van der Waals surface area contributed by atoms with Gasteiger partial charge in [-0.3, -0.25) is 10.1 Å². The maximum Gasteiger partial charge on any atom is 0.290 e. The van der Waals surface area contributed by atoms with Crippen molar-refractivity contribution in [3.05, 3.63) is 27.9 Å². The van der Waals surface area contributed by atoms with Crippen molar-refractivity contribution < 1.29 is 14.8 Å². The van der Waals surface area contributed by atoms with Gasteiger partial charge in [-0.1, -0.05) is 0 Å². The van der Waals surface area contributed by atoms with E-state index in [1.54, 1.807) is 6.92 Å². The number of hydrogen-bond donors (Lipinski definition) is 2. The molecule has 7 nitrogen and oxygen atoms in total. The Morgan fingerprint density at radius 3 is 2.89 bits per heavy atom. The van der Waals surface area contributed by atoms with Crippen LogP contribution in [0.2, 0.25) is 0 Å². The summed E-state index contributed by atoms with van der Waals surface area (Å²) < 4.78 is 5.06. The lowest BCUT2D eigenvalue weighted by molar-refractivity contribution is -0.385. The number of aliphatic hydroxyl groups excluding tert-OH is 1. The standard InChI is InChI=1S/C11H17N3O4/c1-3-18-7-9(15)6-12-11-5-4-10(14(16)17)8(2)13-11/h4-5,9,15H,3,6-7H2,1-2H3,(H,12,13). The number of anilines is 1. The number of nitrogens with one attached hydrogen (secondary N) is 1. The number of aryl methyl sites for hydroxylation is 1. The normalized spacial score (nSPS) is 12.2. The molecular weight excluding hydrogens is 238 g/mol. The number of nitrogens with zero attached hydrogens (tertiary/aromatic N) is 2. The molecule has 2 N–H and O–H groups in total. The van der Waals surface area contributed by atoms with Crippen LogP contribution in [-0.4, -0.2) is 40.9 Å². The van der Waals surface area contributed by atoms with Crippen LogP contribution in [0.25, 0.3) is 0 Å². The highest BCUT2D eigenvalue weighted by Crippen LogP contribution is 2.17. The van der Waals surface area contributed by atoms with Gasteiger partial charge in [-0.2, -0.15) is 0 Å². The van der Waals surface area contributed by atoms with Gasteiger partial charge in [0.15, 0.2) is 0 Å². The zero-order valence-electron chi connectivity index (χ0n) is 10.4. The van der Waals surface area contributed by atoms with Crippen molar-refractivity contribution in [1.82, 2.24) is 4.98 Å².